The van der Waals surface area contributed by atoms with Crippen LogP contribution >= 0.6 is 0 Å². The van der Waals surface area contributed by atoms with Gasteiger partial charge >= 0.3 is 0 Å². The number of hydrogen-bond acceptors (Lipinski definition) is 4. The Balaban J connectivity index is 1.82. The minimum Gasteiger partial charge on any atom is -0.359 e. The monoisotopic (exact) mass is 346 g/mol. The highest BCUT2D eigenvalue weighted by Crippen LogP contribution is 2.22. The van der Waals surface area contributed by atoms with Gasteiger partial charge < -0.3 is 19.7 Å². The number of rotatable bonds is 10. The molecule has 0 aromatic carbocycles. The van der Waals surface area contributed by atoms with Crippen LogP contribution < -0.4 is 10.6 Å². The van der Waals surface area contributed by atoms with Crippen molar-refractivity contribution in [1.29, 1.82) is 0 Å². The lowest BCUT2D eigenvalue weighted by Crippen LogP contribution is -2.38. The van der Waals surface area contributed by atoms with Crippen LogP contribution in [0.5, 0.6) is 0 Å². The largest absolute Gasteiger partial charge is 0.359 e. The second kappa shape index (κ2) is 10.5. The smallest absolute Gasteiger partial charge is 0.191 e. The van der Waals surface area contributed by atoms with Gasteiger partial charge in [-0.3, -0.25) is 0 Å². The molecule has 0 atom stereocenters. The quantitative estimate of drug-likeness (QED) is 0.393. The molecule has 138 valence electrons. The van der Waals surface area contributed by atoms with Crippen molar-refractivity contribution in [2.75, 3.05) is 13.1 Å². The Bertz CT molecular complexity index is 615. The molecule has 2 rings (SSSR count). The summed E-state index contributed by atoms with van der Waals surface area (Å²) in [6, 6.07) is 2.03. The third-order valence-electron chi connectivity index (χ3n) is 4.16. The van der Waals surface area contributed by atoms with E-state index in [1.807, 2.05) is 18.6 Å². The van der Waals surface area contributed by atoms with Crippen LogP contribution in [0.4, 0.5) is 0 Å². The van der Waals surface area contributed by atoms with Gasteiger partial charge in [0.05, 0.1) is 12.0 Å². The van der Waals surface area contributed by atoms with Crippen LogP contribution in [0.2, 0.25) is 0 Å². The van der Waals surface area contributed by atoms with Gasteiger partial charge in [-0.25, -0.2) is 9.98 Å². The molecule has 7 nitrogen and oxygen atoms in total. The summed E-state index contributed by atoms with van der Waals surface area (Å²) in [5.41, 5.74) is 1.04. The Kier molecular flexibility index (Phi) is 8.01. The summed E-state index contributed by atoms with van der Waals surface area (Å²) >= 11 is 0. The Morgan fingerprint density at radius 1 is 1.28 bits per heavy atom. The molecule has 0 unspecified atom stereocenters. The minimum absolute atomic E-state index is 0.469. The maximum absolute atomic E-state index is 5.43. The number of aromatic nitrogens is 3. The van der Waals surface area contributed by atoms with Crippen molar-refractivity contribution in [2.24, 2.45) is 4.99 Å². The zero-order valence-corrected chi connectivity index (χ0v) is 15.5. The number of imidazole rings is 1. The molecule has 0 aliphatic heterocycles. The summed E-state index contributed by atoms with van der Waals surface area (Å²) in [5, 5.41) is 10.8. The van der Waals surface area contributed by atoms with Gasteiger partial charge in [-0.15, -0.1) is 0 Å². The number of aryl methyl sites for hydroxylation is 1. The summed E-state index contributed by atoms with van der Waals surface area (Å²) in [5.74, 6) is 2.07. The van der Waals surface area contributed by atoms with Gasteiger partial charge in [-0.2, -0.15) is 0 Å². The molecular weight excluding hydrogens is 316 g/mol. The molecule has 0 saturated heterocycles. The average molecular weight is 346 g/mol. The summed E-state index contributed by atoms with van der Waals surface area (Å²) in [7, 11) is 0. The summed E-state index contributed by atoms with van der Waals surface area (Å²) < 4.78 is 7.50. The maximum Gasteiger partial charge on any atom is 0.191 e. The normalized spacial score (nSPS) is 11.9. The fourth-order valence-electron chi connectivity index (χ4n) is 2.69. The highest BCUT2D eigenvalue weighted by atomic mass is 16.5. The fourth-order valence-corrected chi connectivity index (χ4v) is 2.69. The lowest BCUT2D eigenvalue weighted by atomic mass is 9.99. The molecule has 25 heavy (non-hydrogen) atoms. The highest BCUT2D eigenvalue weighted by molar-refractivity contribution is 5.79. The van der Waals surface area contributed by atoms with Gasteiger partial charge in [0.2, 0.25) is 0 Å². The predicted molar refractivity (Wildman–Crippen MR) is 99.5 cm³/mol. The van der Waals surface area contributed by atoms with E-state index in [2.05, 4.69) is 51.1 Å². The van der Waals surface area contributed by atoms with Crippen LogP contribution in [0.3, 0.4) is 0 Å². The van der Waals surface area contributed by atoms with Crippen LogP contribution in [0, 0.1) is 0 Å². The number of nitrogens with one attached hydrogen (secondary N) is 2. The second-order valence-electron chi connectivity index (χ2n) is 6.01. The van der Waals surface area contributed by atoms with Gasteiger partial charge in [-0.1, -0.05) is 19.0 Å². The van der Waals surface area contributed by atoms with Crippen LogP contribution in [0.25, 0.3) is 0 Å². The molecular formula is C18H30N6O. The fraction of sp³-hybridized carbons (Fsp3) is 0.611. The molecule has 0 aliphatic carbocycles. The number of guanidine groups is 1. The summed E-state index contributed by atoms with van der Waals surface area (Å²) in [6.07, 6.45) is 8.76. The lowest BCUT2D eigenvalue weighted by molar-refractivity contribution is 0.372. The minimum atomic E-state index is 0.469. The van der Waals surface area contributed by atoms with E-state index in [1.165, 1.54) is 0 Å². The first-order valence-electron chi connectivity index (χ1n) is 9.20. The Hall–Kier alpha value is -2.31. The summed E-state index contributed by atoms with van der Waals surface area (Å²) in [6.45, 7) is 9.51. The van der Waals surface area contributed by atoms with E-state index >= 15 is 0 Å². The molecule has 0 aliphatic rings. The van der Waals surface area contributed by atoms with Crippen LogP contribution in [0.15, 0.2) is 34.3 Å². The molecule has 0 spiro atoms. The van der Waals surface area contributed by atoms with Crippen molar-refractivity contribution >= 4 is 5.96 Å². The van der Waals surface area contributed by atoms with Gasteiger partial charge in [0.1, 0.15) is 6.54 Å². The zero-order chi connectivity index (χ0) is 17.9. The van der Waals surface area contributed by atoms with Crippen molar-refractivity contribution in [3.05, 3.63) is 36.2 Å². The van der Waals surface area contributed by atoms with E-state index in [0.29, 0.717) is 12.5 Å². The highest BCUT2D eigenvalue weighted by Gasteiger charge is 2.12. The first-order chi connectivity index (χ1) is 12.3. The van der Waals surface area contributed by atoms with Crippen LogP contribution in [-0.2, 0) is 13.1 Å². The molecule has 2 N–H and O–H groups in total. The number of nitrogens with zero attached hydrogens (tertiary/aromatic N) is 4. The lowest BCUT2D eigenvalue weighted by Gasteiger charge is -2.11. The van der Waals surface area contributed by atoms with Gasteiger partial charge in [0.15, 0.2) is 11.7 Å². The predicted octanol–water partition coefficient (Wildman–Crippen LogP) is 2.92. The standard InChI is InChI=1S/C18H30N6O/c1-4-15(5-2)17-12-16(25-23-17)13-22-18(20-6-3)21-8-7-10-24-11-9-19-14-24/h9,11-12,14-15H,4-8,10,13H2,1-3H3,(H2,20,21,22). The van der Waals surface area contributed by atoms with Crippen LogP contribution in [0.1, 0.15) is 57.4 Å². The Morgan fingerprint density at radius 3 is 2.80 bits per heavy atom. The third-order valence-corrected chi connectivity index (χ3v) is 4.16. The van der Waals surface area contributed by atoms with Gasteiger partial charge in [0, 0.05) is 44.0 Å². The third kappa shape index (κ3) is 6.25. The van der Waals surface area contributed by atoms with E-state index in [1.54, 1.807) is 6.20 Å². The first kappa shape index (κ1) is 19.0. The Labute approximate surface area is 149 Å². The van der Waals surface area contributed by atoms with Gasteiger partial charge in [0.25, 0.3) is 0 Å². The van der Waals surface area contributed by atoms with E-state index < -0.39 is 0 Å². The van der Waals surface area contributed by atoms with E-state index in [9.17, 15) is 0 Å². The maximum atomic E-state index is 5.43. The number of hydrogen-bond donors (Lipinski definition) is 2. The zero-order valence-electron chi connectivity index (χ0n) is 15.5. The van der Waals surface area contributed by atoms with Crippen molar-refractivity contribution in [3.8, 4) is 0 Å². The molecule has 0 bridgehead atoms. The van der Waals surface area contributed by atoms with E-state index in [4.69, 9.17) is 4.52 Å². The Morgan fingerprint density at radius 2 is 2.12 bits per heavy atom. The molecule has 0 fully saturated rings. The molecule has 0 saturated carbocycles. The van der Waals surface area contributed by atoms with Crippen molar-refractivity contribution in [1.82, 2.24) is 25.3 Å². The molecule has 0 radical (unpaired) electrons. The van der Waals surface area contributed by atoms with E-state index in [-0.39, 0.29) is 0 Å². The molecule has 0 amide bonds. The van der Waals surface area contributed by atoms with Crippen molar-refractivity contribution in [2.45, 2.75) is 59.0 Å². The van der Waals surface area contributed by atoms with Crippen molar-refractivity contribution in [3.63, 3.8) is 0 Å². The van der Waals surface area contributed by atoms with E-state index in [0.717, 1.165) is 56.3 Å². The molecule has 2 aromatic heterocycles. The molecule has 7 heteroatoms. The summed E-state index contributed by atoms with van der Waals surface area (Å²) in [4.78, 5) is 8.63. The van der Waals surface area contributed by atoms with Crippen LogP contribution in [-0.4, -0.2) is 33.8 Å². The first-order valence-corrected chi connectivity index (χ1v) is 9.20. The topological polar surface area (TPSA) is 80.3 Å². The van der Waals surface area contributed by atoms with Gasteiger partial charge in [-0.05, 0) is 26.2 Å². The average Bonchev–Trinajstić information content (AvgIpc) is 3.29. The SMILES string of the molecule is CCNC(=NCc1cc(C(CC)CC)no1)NCCCn1ccnc1. The number of aliphatic imine (C=N–C) groups is 1. The molecule has 2 heterocycles. The molecule has 2 aromatic rings. The van der Waals surface area contributed by atoms with Crippen molar-refractivity contribution < 1.29 is 4.52 Å². The second-order valence-corrected chi connectivity index (χ2v) is 6.01.